The molecule has 0 aliphatic heterocycles. The Morgan fingerprint density at radius 3 is 2.50 bits per heavy atom. The first-order chi connectivity index (χ1) is 11.5. The maximum Gasteiger partial charge on any atom is 0.342 e. The lowest BCUT2D eigenvalue weighted by atomic mass is 10.1. The van der Waals surface area contributed by atoms with Crippen LogP contribution in [0.4, 0.5) is 0 Å². The average Bonchev–Trinajstić information content (AvgIpc) is 2.60. The van der Waals surface area contributed by atoms with E-state index in [-0.39, 0.29) is 18.6 Å². The molecule has 2 aromatic rings. The lowest BCUT2D eigenvalue weighted by Gasteiger charge is -2.14. The van der Waals surface area contributed by atoms with Crippen LogP contribution in [0.1, 0.15) is 34.5 Å². The molecule has 0 fully saturated rings. The van der Waals surface area contributed by atoms with Crippen molar-refractivity contribution in [2.75, 3.05) is 13.7 Å². The summed E-state index contributed by atoms with van der Waals surface area (Å²) in [5.74, 6) is -0.520. The number of methoxy groups -OCH3 is 1. The summed E-state index contributed by atoms with van der Waals surface area (Å²) in [6.45, 7) is 3.40. The first-order valence-electron chi connectivity index (χ1n) is 7.67. The molecular formula is C19H21NO4. The Balaban J connectivity index is 1.92. The van der Waals surface area contributed by atoms with Gasteiger partial charge < -0.3 is 14.8 Å². The second-order valence-electron chi connectivity index (χ2n) is 5.48. The SMILES string of the molecule is COc1ccc(C)cc1C(=O)OCC(=O)N[C@H](C)c1ccccc1. The highest BCUT2D eigenvalue weighted by Gasteiger charge is 2.16. The maximum atomic E-state index is 12.2. The van der Waals surface area contributed by atoms with Gasteiger partial charge in [-0.05, 0) is 31.5 Å². The summed E-state index contributed by atoms with van der Waals surface area (Å²) in [5.41, 5.74) is 2.20. The molecule has 0 aromatic heterocycles. The summed E-state index contributed by atoms with van der Waals surface area (Å²) in [5, 5.41) is 2.80. The molecule has 0 spiro atoms. The molecule has 1 N–H and O–H groups in total. The van der Waals surface area contributed by atoms with Crippen LogP contribution >= 0.6 is 0 Å². The molecule has 24 heavy (non-hydrogen) atoms. The van der Waals surface area contributed by atoms with Crippen molar-refractivity contribution in [3.63, 3.8) is 0 Å². The van der Waals surface area contributed by atoms with Crippen LogP contribution in [0.25, 0.3) is 0 Å². The topological polar surface area (TPSA) is 64.6 Å². The van der Waals surface area contributed by atoms with E-state index in [1.54, 1.807) is 12.1 Å². The molecule has 2 rings (SSSR count). The van der Waals surface area contributed by atoms with Crippen LogP contribution in [0.2, 0.25) is 0 Å². The van der Waals surface area contributed by atoms with E-state index in [0.717, 1.165) is 11.1 Å². The minimum absolute atomic E-state index is 0.161. The van der Waals surface area contributed by atoms with E-state index in [0.29, 0.717) is 11.3 Å². The van der Waals surface area contributed by atoms with Gasteiger partial charge >= 0.3 is 5.97 Å². The van der Waals surface area contributed by atoms with E-state index in [2.05, 4.69) is 5.32 Å². The smallest absolute Gasteiger partial charge is 0.342 e. The van der Waals surface area contributed by atoms with Crippen LogP contribution in [-0.4, -0.2) is 25.6 Å². The molecule has 0 bridgehead atoms. The van der Waals surface area contributed by atoms with Crippen molar-refractivity contribution in [3.8, 4) is 5.75 Å². The molecule has 1 atom stereocenters. The van der Waals surface area contributed by atoms with E-state index in [4.69, 9.17) is 9.47 Å². The van der Waals surface area contributed by atoms with Gasteiger partial charge in [-0.2, -0.15) is 0 Å². The summed E-state index contributed by atoms with van der Waals surface area (Å²) in [6, 6.07) is 14.6. The van der Waals surface area contributed by atoms with Crippen LogP contribution in [0.5, 0.6) is 5.75 Å². The number of hydrogen-bond acceptors (Lipinski definition) is 4. The molecule has 0 unspecified atom stereocenters. The fraction of sp³-hybridized carbons (Fsp3) is 0.263. The largest absolute Gasteiger partial charge is 0.496 e. The number of nitrogens with one attached hydrogen (secondary N) is 1. The van der Waals surface area contributed by atoms with Gasteiger partial charge in [-0.15, -0.1) is 0 Å². The highest BCUT2D eigenvalue weighted by molar-refractivity contribution is 5.94. The van der Waals surface area contributed by atoms with E-state index >= 15 is 0 Å². The molecule has 0 aliphatic rings. The number of amides is 1. The molecule has 5 heteroatoms. The fourth-order valence-corrected chi connectivity index (χ4v) is 2.30. The van der Waals surface area contributed by atoms with E-state index < -0.39 is 5.97 Å². The monoisotopic (exact) mass is 327 g/mol. The van der Waals surface area contributed by atoms with Gasteiger partial charge in [0, 0.05) is 0 Å². The Morgan fingerprint density at radius 2 is 1.83 bits per heavy atom. The van der Waals surface area contributed by atoms with Crippen molar-refractivity contribution in [3.05, 3.63) is 65.2 Å². The Morgan fingerprint density at radius 1 is 1.12 bits per heavy atom. The van der Waals surface area contributed by atoms with Crippen LogP contribution in [-0.2, 0) is 9.53 Å². The molecular weight excluding hydrogens is 306 g/mol. The zero-order valence-corrected chi connectivity index (χ0v) is 14.0. The zero-order valence-electron chi connectivity index (χ0n) is 14.0. The van der Waals surface area contributed by atoms with Crippen LogP contribution in [0, 0.1) is 6.92 Å². The van der Waals surface area contributed by atoms with Crippen molar-refractivity contribution >= 4 is 11.9 Å². The summed E-state index contributed by atoms with van der Waals surface area (Å²) in [7, 11) is 1.48. The molecule has 2 aromatic carbocycles. The van der Waals surface area contributed by atoms with Crippen LogP contribution in [0.15, 0.2) is 48.5 Å². The quantitative estimate of drug-likeness (QED) is 0.828. The molecule has 0 heterocycles. The second kappa shape index (κ2) is 8.15. The lowest BCUT2D eigenvalue weighted by molar-refractivity contribution is -0.124. The molecule has 5 nitrogen and oxygen atoms in total. The number of esters is 1. The Hall–Kier alpha value is -2.82. The van der Waals surface area contributed by atoms with Gasteiger partial charge in [0.1, 0.15) is 11.3 Å². The minimum atomic E-state index is -0.585. The van der Waals surface area contributed by atoms with Crippen molar-refractivity contribution in [1.29, 1.82) is 0 Å². The van der Waals surface area contributed by atoms with E-state index in [9.17, 15) is 9.59 Å². The third-order valence-electron chi connectivity index (χ3n) is 3.59. The number of ether oxygens (including phenoxy) is 2. The molecule has 0 aliphatic carbocycles. The number of benzene rings is 2. The molecule has 126 valence electrons. The standard InChI is InChI=1S/C19H21NO4/c1-13-9-10-17(23-3)16(11-13)19(22)24-12-18(21)20-14(2)15-7-5-4-6-8-15/h4-11,14H,12H2,1-3H3,(H,20,21)/t14-/m1/s1. The number of carbonyl (C=O) groups excluding carboxylic acids is 2. The molecule has 0 saturated carbocycles. The number of rotatable bonds is 6. The molecule has 0 radical (unpaired) electrons. The predicted molar refractivity (Wildman–Crippen MR) is 91.0 cm³/mol. The summed E-state index contributed by atoms with van der Waals surface area (Å²) in [4.78, 5) is 24.1. The second-order valence-corrected chi connectivity index (χ2v) is 5.48. The normalized spacial score (nSPS) is 11.5. The fourth-order valence-electron chi connectivity index (χ4n) is 2.30. The van der Waals surface area contributed by atoms with Crippen LogP contribution in [0.3, 0.4) is 0 Å². The van der Waals surface area contributed by atoms with Gasteiger partial charge in [-0.1, -0.05) is 42.0 Å². The Labute approximate surface area is 141 Å². The summed E-state index contributed by atoms with van der Waals surface area (Å²) in [6.07, 6.45) is 0. The van der Waals surface area contributed by atoms with Crippen molar-refractivity contribution in [1.82, 2.24) is 5.32 Å². The van der Waals surface area contributed by atoms with Crippen LogP contribution < -0.4 is 10.1 Å². The third kappa shape index (κ3) is 4.59. The summed E-state index contributed by atoms with van der Waals surface area (Å²) < 4.78 is 10.2. The Kier molecular flexibility index (Phi) is 5.95. The number of carbonyl (C=O) groups is 2. The predicted octanol–water partition coefficient (Wildman–Crippen LogP) is 3.04. The maximum absolute atomic E-state index is 12.2. The third-order valence-corrected chi connectivity index (χ3v) is 3.59. The van der Waals surface area contributed by atoms with E-state index in [1.165, 1.54) is 7.11 Å². The zero-order chi connectivity index (χ0) is 17.5. The highest BCUT2D eigenvalue weighted by Crippen LogP contribution is 2.20. The van der Waals surface area contributed by atoms with Gasteiger partial charge in [-0.25, -0.2) is 4.79 Å². The first kappa shape index (κ1) is 17.5. The Bertz CT molecular complexity index is 713. The lowest BCUT2D eigenvalue weighted by Crippen LogP contribution is -2.31. The first-order valence-corrected chi connectivity index (χ1v) is 7.67. The number of aryl methyl sites for hydroxylation is 1. The van der Waals surface area contributed by atoms with Gasteiger partial charge in [0.25, 0.3) is 5.91 Å². The van der Waals surface area contributed by atoms with Gasteiger partial charge in [0.05, 0.1) is 13.2 Å². The minimum Gasteiger partial charge on any atom is -0.496 e. The molecule has 0 saturated heterocycles. The number of hydrogen-bond donors (Lipinski definition) is 1. The van der Waals surface area contributed by atoms with Gasteiger partial charge in [-0.3, -0.25) is 4.79 Å². The van der Waals surface area contributed by atoms with E-state index in [1.807, 2.05) is 50.2 Å². The average molecular weight is 327 g/mol. The molecule has 1 amide bonds. The van der Waals surface area contributed by atoms with Crippen molar-refractivity contribution in [2.24, 2.45) is 0 Å². The van der Waals surface area contributed by atoms with Crippen molar-refractivity contribution < 1.29 is 19.1 Å². The highest BCUT2D eigenvalue weighted by atomic mass is 16.5. The summed E-state index contributed by atoms with van der Waals surface area (Å²) >= 11 is 0. The van der Waals surface area contributed by atoms with Gasteiger partial charge in [0.15, 0.2) is 6.61 Å². The van der Waals surface area contributed by atoms with Crippen molar-refractivity contribution in [2.45, 2.75) is 19.9 Å². The van der Waals surface area contributed by atoms with Gasteiger partial charge in [0.2, 0.25) is 0 Å².